The van der Waals surface area contributed by atoms with Crippen molar-refractivity contribution in [3.05, 3.63) is 48.0 Å². The van der Waals surface area contributed by atoms with Gasteiger partial charge in [-0.2, -0.15) is 0 Å². The van der Waals surface area contributed by atoms with Crippen molar-refractivity contribution in [3.8, 4) is 0 Å². The molecule has 15 heavy (non-hydrogen) atoms. The Hall–Kier alpha value is -1.04. The van der Waals surface area contributed by atoms with E-state index >= 15 is 0 Å². The number of hydrogen-bond acceptors (Lipinski definition) is 0. The Morgan fingerprint density at radius 2 is 1.87 bits per heavy atom. The third-order valence-electron chi connectivity index (χ3n) is 3.34. The van der Waals surface area contributed by atoms with Crippen molar-refractivity contribution >= 4 is 0 Å². The van der Waals surface area contributed by atoms with Crippen molar-refractivity contribution in [1.82, 2.24) is 0 Å². The molecule has 0 saturated heterocycles. The average molecular weight is 200 g/mol. The highest BCUT2D eigenvalue weighted by atomic mass is 14.2. The van der Waals surface area contributed by atoms with E-state index in [4.69, 9.17) is 0 Å². The van der Waals surface area contributed by atoms with Gasteiger partial charge in [-0.1, -0.05) is 49.4 Å². The fourth-order valence-electron chi connectivity index (χ4n) is 2.47. The average Bonchev–Trinajstić information content (AvgIpc) is 2.24. The van der Waals surface area contributed by atoms with Crippen LogP contribution in [-0.4, -0.2) is 0 Å². The standard InChI is InChI=1S/C15H20/c1-13-8-4-2-7-11-15(12-13)14-9-5-3-6-10-14/h2-6,9-10,13,15H,7-8,11-12H2,1H3/b4-2-. The highest BCUT2D eigenvalue weighted by Crippen LogP contribution is 2.31. The third kappa shape index (κ3) is 2.95. The highest BCUT2D eigenvalue weighted by Gasteiger charge is 2.15. The maximum absolute atomic E-state index is 2.37. The number of allylic oxidation sites excluding steroid dienone is 2. The smallest absolute Gasteiger partial charge is 0.0156 e. The van der Waals surface area contributed by atoms with Gasteiger partial charge in [0.2, 0.25) is 0 Å². The lowest BCUT2D eigenvalue weighted by Gasteiger charge is -2.22. The number of hydrogen-bond donors (Lipinski definition) is 0. The summed E-state index contributed by atoms with van der Waals surface area (Å²) >= 11 is 0. The summed E-state index contributed by atoms with van der Waals surface area (Å²) in [5, 5.41) is 0. The molecule has 0 fully saturated rings. The van der Waals surface area contributed by atoms with Crippen molar-refractivity contribution < 1.29 is 0 Å². The van der Waals surface area contributed by atoms with Gasteiger partial charge in [-0.15, -0.1) is 0 Å². The van der Waals surface area contributed by atoms with Crippen molar-refractivity contribution in [2.24, 2.45) is 5.92 Å². The normalized spacial score (nSPS) is 29.1. The molecule has 2 unspecified atom stereocenters. The molecule has 0 spiro atoms. The molecule has 2 atom stereocenters. The minimum absolute atomic E-state index is 0.770. The zero-order valence-electron chi connectivity index (χ0n) is 9.52. The Morgan fingerprint density at radius 1 is 1.07 bits per heavy atom. The van der Waals surface area contributed by atoms with Gasteiger partial charge in [-0.3, -0.25) is 0 Å². The van der Waals surface area contributed by atoms with Crippen LogP contribution in [0.2, 0.25) is 0 Å². The van der Waals surface area contributed by atoms with Crippen molar-refractivity contribution in [3.63, 3.8) is 0 Å². The van der Waals surface area contributed by atoms with Crippen LogP contribution in [0, 0.1) is 5.92 Å². The first-order valence-electron chi connectivity index (χ1n) is 6.06. The van der Waals surface area contributed by atoms with E-state index in [2.05, 4.69) is 49.4 Å². The van der Waals surface area contributed by atoms with E-state index in [-0.39, 0.29) is 0 Å². The van der Waals surface area contributed by atoms with E-state index in [1.54, 1.807) is 0 Å². The predicted octanol–water partition coefficient (Wildman–Crippen LogP) is 4.54. The van der Waals surface area contributed by atoms with Gasteiger partial charge in [0.05, 0.1) is 0 Å². The summed E-state index contributed by atoms with van der Waals surface area (Å²) in [5.41, 5.74) is 1.53. The molecule has 0 radical (unpaired) electrons. The zero-order valence-corrected chi connectivity index (χ0v) is 9.52. The SMILES string of the molecule is CC1C/C=C\CCC(c2ccccc2)C1. The first-order valence-corrected chi connectivity index (χ1v) is 6.06. The van der Waals surface area contributed by atoms with E-state index < -0.39 is 0 Å². The fourth-order valence-corrected chi connectivity index (χ4v) is 2.47. The molecule has 0 saturated carbocycles. The maximum atomic E-state index is 2.37. The van der Waals surface area contributed by atoms with E-state index in [1.165, 1.54) is 31.2 Å². The second kappa shape index (κ2) is 5.16. The van der Waals surface area contributed by atoms with E-state index in [0.29, 0.717) is 0 Å². The second-order valence-corrected chi connectivity index (χ2v) is 4.73. The summed E-state index contributed by atoms with van der Waals surface area (Å²) in [5.74, 6) is 1.60. The molecule has 80 valence electrons. The first kappa shape index (κ1) is 10.5. The van der Waals surface area contributed by atoms with Crippen LogP contribution in [0.5, 0.6) is 0 Å². The summed E-state index contributed by atoms with van der Waals surface area (Å²) in [7, 11) is 0. The van der Waals surface area contributed by atoms with Gasteiger partial charge in [0.1, 0.15) is 0 Å². The van der Waals surface area contributed by atoms with Gasteiger partial charge in [0.25, 0.3) is 0 Å². The van der Waals surface area contributed by atoms with Crippen LogP contribution in [0.3, 0.4) is 0 Å². The van der Waals surface area contributed by atoms with Crippen LogP contribution >= 0.6 is 0 Å². The molecule has 0 N–H and O–H groups in total. The van der Waals surface area contributed by atoms with Gasteiger partial charge in [0, 0.05) is 0 Å². The molecule has 0 bridgehead atoms. The van der Waals surface area contributed by atoms with Gasteiger partial charge in [-0.25, -0.2) is 0 Å². The predicted molar refractivity (Wildman–Crippen MR) is 66.0 cm³/mol. The summed E-state index contributed by atoms with van der Waals surface area (Å²) in [6.07, 6.45) is 9.85. The summed E-state index contributed by atoms with van der Waals surface area (Å²) in [6, 6.07) is 11.0. The van der Waals surface area contributed by atoms with Gasteiger partial charge < -0.3 is 0 Å². The van der Waals surface area contributed by atoms with Crippen molar-refractivity contribution in [1.29, 1.82) is 0 Å². The molecule has 0 heteroatoms. The maximum Gasteiger partial charge on any atom is -0.0156 e. The highest BCUT2D eigenvalue weighted by molar-refractivity contribution is 5.20. The van der Waals surface area contributed by atoms with Crippen molar-refractivity contribution in [2.75, 3.05) is 0 Å². The van der Waals surface area contributed by atoms with Crippen LogP contribution in [0.1, 0.15) is 44.1 Å². The van der Waals surface area contributed by atoms with E-state index in [1.807, 2.05) is 0 Å². The monoisotopic (exact) mass is 200 g/mol. The van der Waals surface area contributed by atoms with Crippen LogP contribution < -0.4 is 0 Å². The van der Waals surface area contributed by atoms with E-state index in [9.17, 15) is 0 Å². The molecule has 0 aliphatic heterocycles. The van der Waals surface area contributed by atoms with Crippen LogP contribution in [0.25, 0.3) is 0 Å². The topological polar surface area (TPSA) is 0 Å². The molecule has 1 aliphatic rings. The van der Waals surface area contributed by atoms with Crippen LogP contribution in [0.4, 0.5) is 0 Å². The lowest BCUT2D eigenvalue weighted by Crippen LogP contribution is -2.06. The number of rotatable bonds is 1. The van der Waals surface area contributed by atoms with E-state index in [0.717, 1.165) is 11.8 Å². The summed E-state index contributed by atoms with van der Waals surface area (Å²) in [4.78, 5) is 0. The molecular formula is C15H20. The molecular weight excluding hydrogens is 180 g/mol. The molecule has 0 nitrogen and oxygen atoms in total. The molecule has 0 aromatic heterocycles. The number of benzene rings is 1. The third-order valence-corrected chi connectivity index (χ3v) is 3.34. The molecule has 1 aromatic rings. The largest absolute Gasteiger partial charge is 0.0885 e. The lowest BCUT2D eigenvalue weighted by molar-refractivity contribution is 0.445. The van der Waals surface area contributed by atoms with Gasteiger partial charge in [0.15, 0.2) is 0 Å². The Kier molecular flexibility index (Phi) is 3.60. The fraction of sp³-hybridized carbons (Fsp3) is 0.467. The minimum Gasteiger partial charge on any atom is -0.0885 e. The second-order valence-electron chi connectivity index (χ2n) is 4.73. The lowest BCUT2D eigenvalue weighted by atomic mass is 9.83. The summed E-state index contributed by atoms with van der Waals surface area (Å²) < 4.78 is 0. The molecule has 1 aliphatic carbocycles. The van der Waals surface area contributed by atoms with Gasteiger partial charge >= 0.3 is 0 Å². The Morgan fingerprint density at radius 3 is 2.67 bits per heavy atom. The Balaban J connectivity index is 2.11. The minimum atomic E-state index is 0.770. The van der Waals surface area contributed by atoms with Crippen LogP contribution in [0.15, 0.2) is 42.5 Å². The molecule has 2 rings (SSSR count). The zero-order chi connectivity index (χ0) is 10.5. The van der Waals surface area contributed by atoms with Gasteiger partial charge in [-0.05, 0) is 43.1 Å². The first-order chi connectivity index (χ1) is 7.36. The molecule has 0 heterocycles. The Bertz CT molecular complexity index is 310. The van der Waals surface area contributed by atoms with Crippen molar-refractivity contribution in [2.45, 2.75) is 38.5 Å². The van der Waals surface area contributed by atoms with Crippen LogP contribution in [-0.2, 0) is 0 Å². The quantitative estimate of drug-likeness (QED) is 0.584. The molecule has 0 amide bonds. The molecule has 1 aromatic carbocycles. The summed E-state index contributed by atoms with van der Waals surface area (Å²) in [6.45, 7) is 2.37. The Labute approximate surface area is 93.0 Å².